The fourth-order valence-corrected chi connectivity index (χ4v) is 5.09. The summed E-state index contributed by atoms with van der Waals surface area (Å²) in [6.45, 7) is 4.60. The van der Waals surface area contributed by atoms with Crippen molar-refractivity contribution in [2.24, 2.45) is 0 Å². The molecule has 0 atom stereocenters. The van der Waals surface area contributed by atoms with Crippen LogP contribution in [0.2, 0.25) is 0 Å². The number of benzene rings is 3. The molecule has 0 bridgehead atoms. The van der Waals surface area contributed by atoms with Crippen molar-refractivity contribution in [3.63, 3.8) is 0 Å². The second-order valence-corrected chi connectivity index (χ2v) is 11.0. The van der Waals surface area contributed by atoms with E-state index in [4.69, 9.17) is 9.15 Å². The van der Waals surface area contributed by atoms with Gasteiger partial charge in [0.15, 0.2) is 5.75 Å². The van der Waals surface area contributed by atoms with E-state index in [2.05, 4.69) is 35.8 Å². The third kappa shape index (κ3) is 5.73. The Labute approximate surface area is 227 Å². The van der Waals surface area contributed by atoms with Crippen LogP contribution >= 0.6 is 0 Å². The molecule has 8 nitrogen and oxygen atoms in total. The van der Waals surface area contributed by atoms with Gasteiger partial charge in [0.25, 0.3) is 11.4 Å². The van der Waals surface area contributed by atoms with Crippen molar-refractivity contribution in [2.45, 2.75) is 26.8 Å². The van der Waals surface area contributed by atoms with Crippen LogP contribution < -0.4 is 18.9 Å². The molecule has 1 aliphatic heterocycles. The molecule has 200 valence electrons. The lowest BCUT2D eigenvalue weighted by molar-refractivity contribution is -0.674. The lowest BCUT2D eigenvalue weighted by Gasteiger charge is -2.18. The van der Waals surface area contributed by atoms with Gasteiger partial charge >= 0.3 is 5.89 Å². The molecule has 9 heteroatoms. The predicted octanol–water partition coefficient (Wildman–Crippen LogP) is 5.02. The number of aryl methyl sites for hydroxylation is 1. The van der Waals surface area contributed by atoms with Crippen LogP contribution in [0.4, 0.5) is 5.69 Å². The molecule has 39 heavy (non-hydrogen) atoms. The summed E-state index contributed by atoms with van der Waals surface area (Å²) >= 11 is 0. The second kappa shape index (κ2) is 10.8. The Bertz CT molecular complexity index is 1710. The van der Waals surface area contributed by atoms with Crippen LogP contribution in [0, 0.1) is 0 Å². The number of anilines is 1. The Balaban J connectivity index is 1.51. The van der Waals surface area contributed by atoms with Crippen molar-refractivity contribution >= 4 is 38.8 Å². The largest absolute Gasteiger partial charge is 0.439 e. The number of nitrogens with zero attached hydrogens (tertiary/aromatic N) is 2. The highest BCUT2D eigenvalue weighted by Gasteiger charge is 2.29. The number of carbonyl (C=O) groups excluding carboxylic acids is 1. The molecule has 1 aromatic heterocycles. The molecule has 3 aromatic carbocycles. The number of sulfonamides is 1. The summed E-state index contributed by atoms with van der Waals surface area (Å²) in [6, 6.07) is 23.7. The van der Waals surface area contributed by atoms with Gasteiger partial charge in [-0.1, -0.05) is 55.5 Å². The van der Waals surface area contributed by atoms with E-state index >= 15 is 0 Å². The van der Waals surface area contributed by atoms with Gasteiger partial charge in [0.05, 0.1) is 18.0 Å². The summed E-state index contributed by atoms with van der Waals surface area (Å²) in [7, 11) is -3.68. The molecule has 0 saturated carbocycles. The Morgan fingerprint density at radius 3 is 2.46 bits per heavy atom. The van der Waals surface area contributed by atoms with Crippen LogP contribution in [-0.4, -0.2) is 27.1 Å². The number of amides is 1. The van der Waals surface area contributed by atoms with Gasteiger partial charge in [-0.3, -0.25) is 14.4 Å². The number of fused-ring (bicyclic) bond motifs is 2. The van der Waals surface area contributed by atoms with Gasteiger partial charge in [-0.25, -0.2) is 8.42 Å². The van der Waals surface area contributed by atoms with Crippen molar-refractivity contribution in [3.8, 4) is 16.9 Å². The number of ether oxygens (including phenoxy) is 1. The van der Waals surface area contributed by atoms with Gasteiger partial charge in [0, 0.05) is 12.1 Å². The van der Waals surface area contributed by atoms with Crippen molar-refractivity contribution in [3.05, 3.63) is 96.2 Å². The number of para-hydroxylation sites is 2. The SMILES string of the molecule is CCC(/C=C1\Oc2ccccc2N1CC(=O)NS(C)(=O)=O)=C\c1oc2ccc(-c3ccccc3)cc2[n+]1CC. The van der Waals surface area contributed by atoms with Crippen LogP contribution in [-0.2, 0) is 21.4 Å². The Morgan fingerprint density at radius 2 is 1.74 bits per heavy atom. The van der Waals surface area contributed by atoms with Crippen molar-refractivity contribution in [1.82, 2.24) is 4.72 Å². The van der Waals surface area contributed by atoms with Gasteiger partial charge in [-0.2, -0.15) is 4.57 Å². The van der Waals surface area contributed by atoms with E-state index in [1.807, 2.05) is 72.3 Å². The molecule has 0 unspecified atom stereocenters. The van der Waals surface area contributed by atoms with Crippen molar-refractivity contribution < 1.29 is 26.9 Å². The summed E-state index contributed by atoms with van der Waals surface area (Å²) < 4.78 is 39.7. The van der Waals surface area contributed by atoms with Gasteiger partial charge in [-0.15, -0.1) is 0 Å². The van der Waals surface area contributed by atoms with E-state index in [0.717, 1.165) is 34.1 Å². The molecule has 2 heterocycles. The molecule has 4 aromatic rings. The maximum atomic E-state index is 12.5. The lowest BCUT2D eigenvalue weighted by atomic mass is 10.1. The highest BCUT2D eigenvalue weighted by atomic mass is 32.2. The minimum Gasteiger partial charge on any atom is -0.439 e. The Kier molecular flexibility index (Phi) is 7.26. The molecular formula is C30H30N3O5S+. The van der Waals surface area contributed by atoms with E-state index < -0.39 is 15.9 Å². The number of carbonyl (C=O) groups is 1. The van der Waals surface area contributed by atoms with Gasteiger partial charge in [-0.05, 0) is 48.2 Å². The molecule has 0 fully saturated rings. The third-order valence-corrected chi connectivity index (χ3v) is 7.02. The maximum Gasteiger partial charge on any atom is 0.374 e. The lowest BCUT2D eigenvalue weighted by Crippen LogP contribution is -2.38. The van der Waals surface area contributed by atoms with Crippen molar-refractivity contribution in [2.75, 3.05) is 17.7 Å². The summed E-state index contributed by atoms with van der Waals surface area (Å²) in [5, 5.41) is 0. The average Bonchev–Trinajstić information content (AvgIpc) is 3.44. The van der Waals surface area contributed by atoms with E-state index in [0.29, 0.717) is 36.2 Å². The average molecular weight is 545 g/mol. The Morgan fingerprint density at radius 1 is 1.00 bits per heavy atom. The van der Waals surface area contributed by atoms with Crippen LogP contribution in [0.1, 0.15) is 26.2 Å². The first kappa shape index (κ1) is 26.2. The number of rotatable bonds is 8. The topological polar surface area (TPSA) is 92.7 Å². The first-order chi connectivity index (χ1) is 18.8. The molecule has 0 saturated heterocycles. The molecular weight excluding hydrogens is 514 g/mol. The van der Waals surface area contributed by atoms with Crippen molar-refractivity contribution in [1.29, 1.82) is 0 Å². The summed E-state index contributed by atoms with van der Waals surface area (Å²) in [5.41, 5.74) is 5.63. The number of aromatic nitrogens is 1. The fraction of sp³-hybridized carbons (Fsp3) is 0.200. The molecule has 1 amide bonds. The quantitative estimate of drug-likeness (QED) is 0.313. The monoisotopic (exact) mass is 544 g/mol. The first-order valence-electron chi connectivity index (χ1n) is 12.7. The molecule has 0 aliphatic carbocycles. The molecule has 0 radical (unpaired) electrons. The zero-order chi connectivity index (χ0) is 27.6. The zero-order valence-electron chi connectivity index (χ0n) is 22.0. The van der Waals surface area contributed by atoms with Crippen LogP contribution in [0.5, 0.6) is 5.75 Å². The van der Waals surface area contributed by atoms with Gasteiger partial charge < -0.3 is 9.15 Å². The number of allylic oxidation sites excluding steroid dienone is 2. The van der Waals surface area contributed by atoms with Crippen LogP contribution in [0.3, 0.4) is 0 Å². The predicted molar refractivity (Wildman–Crippen MR) is 151 cm³/mol. The fourth-order valence-electron chi connectivity index (χ4n) is 4.61. The smallest absolute Gasteiger partial charge is 0.374 e. The number of hydrogen-bond acceptors (Lipinski definition) is 6. The van der Waals surface area contributed by atoms with Gasteiger partial charge in [0.1, 0.15) is 13.1 Å². The maximum absolute atomic E-state index is 12.5. The summed E-state index contributed by atoms with van der Waals surface area (Å²) in [5.74, 6) is 1.06. The molecule has 0 spiro atoms. The first-order valence-corrected chi connectivity index (χ1v) is 14.6. The van der Waals surface area contributed by atoms with Crippen LogP contribution in [0.15, 0.2) is 94.7 Å². The minimum atomic E-state index is -3.68. The molecule has 5 rings (SSSR count). The standard InChI is InChI=1S/C30H29N3O5S/c1-4-21(18-30-33(20-28(34)31-39(3,35)36)24-13-9-10-14-26(24)37-30)17-29-32(5-2)25-19-23(15-16-27(25)38-29)22-11-7-6-8-12-22/h6-19H,4-5,20H2,1-3H3/p+1. The van der Waals surface area contributed by atoms with E-state index in [1.165, 1.54) is 0 Å². The normalized spacial score (nSPS) is 14.5. The van der Waals surface area contributed by atoms with Gasteiger partial charge in [0.2, 0.25) is 21.5 Å². The number of nitrogens with one attached hydrogen (secondary N) is 1. The second-order valence-electron chi connectivity index (χ2n) is 9.24. The highest BCUT2D eigenvalue weighted by molar-refractivity contribution is 7.89. The third-order valence-electron chi connectivity index (χ3n) is 6.42. The van der Waals surface area contributed by atoms with E-state index in [-0.39, 0.29) is 6.54 Å². The molecule has 1 N–H and O–H groups in total. The summed E-state index contributed by atoms with van der Waals surface area (Å²) in [4.78, 5) is 14.1. The number of hydrogen-bond donors (Lipinski definition) is 1. The van der Waals surface area contributed by atoms with E-state index in [9.17, 15) is 13.2 Å². The minimum absolute atomic E-state index is 0.214. The van der Waals surface area contributed by atoms with Crippen LogP contribution in [0.25, 0.3) is 28.3 Å². The molecule has 1 aliphatic rings. The summed E-state index contributed by atoms with van der Waals surface area (Å²) in [6.07, 6.45) is 5.45. The Hall–Kier alpha value is -4.37. The highest BCUT2D eigenvalue weighted by Crippen LogP contribution is 2.39. The van der Waals surface area contributed by atoms with E-state index in [1.54, 1.807) is 4.90 Å². The number of oxazole rings is 1. The zero-order valence-corrected chi connectivity index (χ0v) is 22.9.